The van der Waals surface area contributed by atoms with Gasteiger partial charge >= 0.3 is 11.9 Å². The van der Waals surface area contributed by atoms with Crippen molar-refractivity contribution in [3.8, 4) is 0 Å². The highest BCUT2D eigenvalue weighted by Crippen LogP contribution is 2.26. The summed E-state index contributed by atoms with van der Waals surface area (Å²) in [6.45, 7) is 1.83. The Bertz CT molecular complexity index is 411. The summed E-state index contributed by atoms with van der Waals surface area (Å²) in [5.41, 5.74) is 0. The molecule has 8 heteroatoms. The second kappa shape index (κ2) is 5.01. The summed E-state index contributed by atoms with van der Waals surface area (Å²) < 4.78 is 28.6. The van der Waals surface area contributed by atoms with Crippen LogP contribution in [0.5, 0.6) is 0 Å². The Kier molecular flexibility index (Phi) is 4.10. The van der Waals surface area contributed by atoms with Crippen LogP contribution in [0, 0.1) is 11.8 Å². The van der Waals surface area contributed by atoms with E-state index in [0.717, 1.165) is 11.4 Å². The number of carbonyl (C=O) groups is 2. The number of ether oxygens (including phenoxy) is 1. The van der Waals surface area contributed by atoms with Gasteiger partial charge in [-0.05, 0) is 5.92 Å². The van der Waals surface area contributed by atoms with Crippen molar-refractivity contribution in [3.05, 3.63) is 0 Å². The minimum Gasteiger partial charge on any atom is -0.481 e. The lowest BCUT2D eigenvalue weighted by molar-refractivity contribution is -0.144. The average Bonchev–Trinajstić information content (AvgIpc) is 2.13. The van der Waals surface area contributed by atoms with Gasteiger partial charge in [-0.2, -0.15) is 0 Å². The number of hydrogen-bond acceptors (Lipinski definition) is 5. The van der Waals surface area contributed by atoms with Gasteiger partial charge in [-0.15, -0.1) is 0 Å². The van der Waals surface area contributed by atoms with Crippen molar-refractivity contribution < 1.29 is 27.9 Å². The molecule has 0 bridgehead atoms. The lowest BCUT2D eigenvalue weighted by Crippen LogP contribution is -2.54. The van der Waals surface area contributed by atoms with E-state index in [-0.39, 0.29) is 19.0 Å². The third-order valence-electron chi connectivity index (χ3n) is 2.89. The molecule has 1 unspecified atom stereocenters. The molecule has 17 heavy (non-hydrogen) atoms. The van der Waals surface area contributed by atoms with E-state index in [1.165, 1.54) is 6.92 Å². The minimum absolute atomic E-state index is 0.146. The number of methoxy groups -OCH3 is 1. The molecule has 1 heterocycles. The topological polar surface area (TPSA) is 101 Å². The molecule has 0 saturated carbocycles. The smallest absolute Gasteiger partial charge is 0.322 e. The van der Waals surface area contributed by atoms with Gasteiger partial charge in [-0.25, -0.2) is 12.7 Å². The molecule has 1 aliphatic rings. The van der Waals surface area contributed by atoms with E-state index in [2.05, 4.69) is 4.74 Å². The summed E-state index contributed by atoms with van der Waals surface area (Å²) in [5, 5.41) is 8.75. The van der Waals surface area contributed by atoms with E-state index in [4.69, 9.17) is 5.11 Å². The van der Waals surface area contributed by atoms with Crippen molar-refractivity contribution in [1.82, 2.24) is 4.31 Å². The van der Waals surface area contributed by atoms with E-state index in [1.54, 1.807) is 0 Å². The molecule has 7 nitrogen and oxygen atoms in total. The quantitative estimate of drug-likeness (QED) is 0.649. The van der Waals surface area contributed by atoms with E-state index in [1.807, 2.05) is 0 Å². The van der Waals surface area contributed by atoms with E-state index < -0.39 is 33.6 Å². The molecule has 0 amide bonds. The molecule has 1 atom stereocenters. The maximum atomic E-state index is 11.6. The number of carboxylic acids is 1. The average molecular weight is 265 g/mol. The number of esters is 1. The van der Waals surface area contributed by atoms with Gasteiger partial charge in [0.1, 0.15) is 0 Å². The van der Waals surface area contributed by atoms with Gasteiger partial charge in [0.25, 0.3) is 0 Å². The molecule has 0 spiro atoms. The zero-order chi connectivity index (χ0) is 13.2. The van der Waals surface area contributed by atoms with Crippen molar-refractivity contribution in [1.29, 1.82) is 0 Å². The Balaban J connectivity index is 2.52. The summed E-state index contributed by atoms with van der Waals surface area (Å²) in [6, 6.07) is 0. The Hall–Kier alpha value is -1.15. The van der Waals surface area contributed by atoms with Crippen LogP contribution in [0.3, 0.4) is 0 Å². The van der Waals surface area contributed by atoms with Crippen LogP contribution in [-0.4, -0.2) is 55.7 Å². The standard InChI is InChI=1S/C9H15NO6S/c1-6(9(12)13)7-3-10(4-7)17(14,15)5-8(11)16-2/h6-7H,3-5H2,1-2H3,(H,12,13). The van der Waals surface area contributed by atoms with Crippen molar-refractivity contribution in [2.45, 2.75) is 6.92 Å². The van der Waals surface area contributed by atoms with E-state index >= 15 is 0 Å². The Morgan fingerprint density at radius 3 is 2.41 bits per heavy atom. The molecule has 1 saturated heterocycles. The van der Waals surface area contributed by atoms with Crippen molar-refractivity contribution >= 4 is 22.0 Å². The molecular formula is C9H15NO6S. The van der Waals surface area contributed by atoms with Gasteiger partial charge in [0.2, 0.25) is 10.0 Å². The molecule has 1 N–H and O–H groups in total. The van der Waals surface area contributed by atoms with Crippen LogP contribution in [0.15, 0.2) is 0 Å². The molecule has 0 aromatic carbocycles. The molecule has 0 aromatic rings. The Morgan fingerprint density at radius 1 is 1.47 bits per heavy atom. The third kappa shape index (κ3) is 3.16. The van der Waals surface area contributed by atoms with Crippen LogP contribution in [-0.2, 0) is 24.3 Å². The number of rotatable bonds is 5. The molecule has 0 aliphatic carbocycles. The summed E-state index contributed by atoms with van der Waals surface area (Å²) in [6.07, 6.45) is 0. The highest BCUT2D eigenvalue weighted by atomic mass is 32.2. The number of aliphatic carboxylic acids is 1. The fraction of sp³-hybridized carbons (Fsp3) is 0.778. The first-order valence-corrected chi connectivity index (χ1v) is 6.66. The molecular weight excluding hydrogens is 250 g/mol. The number of nitrogens with zero attached hydrogens (tertiary/aromatic N) is 1. The van der Waals surface area contributed by atoms with Gasteiger partial charge in [0.15, 0.2) is 5.75 Å². The molecule has 98 valence electrons. The van der Waals surface area contributed by atoms with Crippen molar-refractivity contribution in [2.24, 2.45) is 11.8 Å². The lowest BCUT2D eigenvalue weighted by atomic mass is 9.89. The second-order valence-corrected chi connectivity index (χ2v) is 6.01. The molecule has 1 fully saturated rings. The highest BCUT2D eigenvalue weighted by Gasteiger charge is 2.41. The largest absolute Gasteiger partial charge is 0.481 e. The first-order chi connectivity index (χ1) is 7.77. The fourth-order valence-corrected chi connectivity index (χ4v) is 2.95. The summed E-state index contributed by atoms with van der Waals surface area (Å²) in [7, 11) is -2.55. The number of carboxylic acid groups (broad SMARTS) is 1. The zero-order valence-corrected chi connectivity index (χ0v) is 10.4. The minimum atomic E-state index is -3.66. The molecule has 0 radical (unpaired) electrons. The maximum absolute atomic E-state index is 11.6. The van der Waals surface area contributed by atoms with Crippen LogP contribution >= 0.6 is 0 Å². The fourth-order valence-electron chi connectivity index (χ4n) is 1.51. The van der Waals surface area contributed by atoms with E-state index in [9.17, 15) is 18.0 Å². The van der Waals surface area contributed by atoms with E-state index in [0.29, 0.717) is 0 Å². The number of sulfonamides is 1. The van der Waals surface area contributed by atoms with Gasteiger partial charge in [0, 0.05) is 13.1 Å². The van der Waals surface area contributed by atoms with Crippen molar-refractivity contribution in [2.75, 3.05) is 26.0 Å². The van der Waals surface area contributed by atoms with Crippen LogP contribution in [0.1, 0.15) is 6.92 Å². The van der Waals surface area contributed by atoms with Gasteiger partial charge in [-0.1, -0.05) is 6.92 Å². The first kappa shape index (κ1) is 13.9. The Labute approximate surface area is 99.4 Å². The first-order valence-electron chi connectivity index (χ1n) is 5.05. The molecule has 0 aromatic heterocycles. The Morgan fingerprint density at radius 2 is 2.00 bits per heavy atom. The van der Waals surface area contributed by atoms with Gasteiger partial charge in [0.05, 0.1) is 13.0 Å². The van der Waals surface area contributed by atoms with Crippen LogP contribution in [0.25, 0.3) is 0 Å². The normalized spacial score (nSPS) is 19.4. The SMILES string of the molecule is COC(=O)CS(=O)(=O)N1CC(C(C)C(=O)O)C1. The number of carbonyl (C=O) groups excluding carboxylic acids is 1. The summed E-state index contributed by atoms with van der Waals surface area (Å²) >= 11 is 0. The second-order valence-electron chi connectivity index (χ2n) is 4.04. The van der Waals surface area contributed by atoms with Crippen LogP contribution in [0.2, 0.25) is 0 Å². The highest BCUT2D eigenvalue weighted by molar-refractivity contribution is 7.89. The monoisotopic (exact) mass is 265 g/mol. The molecule has 1 rings (SSSR count). The van der Waals surface area contributed by atoms with Crippen LogP contribution < -0.4 is 0 Å². The van der Waals surface area contributed by atoms with Crippen LogP contribution in [0.4, 0.5) is 0 Å². The molecule has 1 aliphatic heterocycles. The third-order valence-corrected chi connectivity index (χ3v) is 4.58. The zero-order valence-electron chi connectivity index (χ0n) is 9.62. The predicted molar refractivity (Wildman–Crippen MR) is 57.7 cm³/mol. The lowest BCUT2D eigenvalue weighted by Gasteiger charge is -2.39. The predicted octanol–water partition coefficient (Wildman–Crippen LogP) is -0.858. The maximum Gasteiger partial charge on any atom is 0.322 e. The van der Waals surface area contributed by atoms with Gasteiger partial charge < -0.3 is 9.84 Å². The number of hydrogen-bond donors (Lipinski definition) is 1. The van der Waals surface area contributed by atoms with Gasteiger partial charge in [-0.3, -0.25) is 9.59 Å². The van der Waals surface area contributed by atoms with Crippen molar-refractivity contribution in [3.63, 3.8) is 0 Å². The summed E-state index contributed by atoms with van der Waals surface area (Å²) in [5.74, 6) is -3.24. The summed E-state index contributed by atoms with van der Waals surface area (Å²) in [4.78, 5) is 21.5.